The quantitative estimate of drug-likeness (QED) is 0.497. The SMILES string of the molecule is NC(=O)c1nc(-c2c(F)cccc2F)oc1-c1ccc(OCCCN2CCCCC2O)cc1. The molecule has 3 N–H and O–H groups in total. The highest BCUT2D eigenvalue weighted by atomic mass is 19.1. The van der Waals surface area contributed by atoms with E-state index in [1.54, 1.807) is 24.3 Å². The van der Waals surface area contributed by atoms with E-state index in [1.165, 1.54) is 6.07 Å². The topological polar surface area (TPSA) is 102 Å². The summed E-state index contributed by atoms with van der Waals surface area (Å²) in [6, 6.07) is 10.1. The fourth-order valence-corrected chi connectivity index (χ4v) is 3.89. The number of nitrogens with two attached hydrogens (primary N) is 1. The van der Waals surface area contributed by atoms with Crippen LogP contribution in [0.15, 0.2) is 46.9 Å². The minimum atomic E-state index is -0.878. The molecule has 1 aliphatic heterocycles. The molecule has 9 heteroatoms. The van der Waals surface area contributed by atoms with Crippen molar-refractivity contribution in [3.8, 4) is 28.5 Å². The average Bonchev–Trinajstić information content (AvgIpc) is 3.23. The number of likely N-dealkylation sites (tertiary alicyclic amines) is 1. The molecule has 0 aliphatic carbocycles. The fraction of sp³-hybridized carbons (Fsp3) is 0.333. The van der Waals surface area contributed by atoms with Crippen molar-refractivity contribution in [2.75, 3.05) is 19.7 Å². The van der Waals surface area contributed by atoms with Gasteiger partial charge < -0.3 is 20.0 Å². The van der Waals surface area contributed by atoms with E-state index < -0.39 is 23.1 Å². The highest BCUT2D eigenvalue weighted by molar-refractivity contribution is 5.97. The number of carbonyl (C=O) groups excluding carboxylic acids is 1. The molecule has 2 heterocycles. The van der Waals surface area contributed by atoms with Gasteiger partial charge >= 0.3 is 0 Å². The van der Waals surface area contributed by atoms with Gasteiger partial charge in [-0.05, 0) is 62.1 Å². The maximum absolute atomic E-state index is 14.1. The smallest absolute Gasteiger partial charge is 0.271 e. The van der Waals surface area contributed by atoms with E-state index >= 15 is 0 Å². The molecule has 0 radical (unpaired) electrons. The minimum Gasteiger partial charge on any atom is -0.494 e. The van der Waals surface area contributed by atoms with Crippen molar-refractivity contribution in [2.24, 2.45) is 5.73 Å². The summed E-state index contributed by atoms with van der Waals surface area (Å²) in [6.45, 7) is 2.14. The zero-order valence-electron chi connectivity index (χ0n) is 18.0. The molecule has 2 aromatic carbocycles. The maximum Gasteiger partial charge on any atom is 0.271 e. The number of hydrogen-bond donors (Lipinski definition) is 2. The fourth-order valence-electron chi connectivity index (χ4n) is 3.89. The number of aliphatic hydroxyl groups is 1. The van der Waals surface area contributed by atoms with E-state index in [9.17, 15) is 18.7 Å². The average molecular weight is 457 g/mol. The summed E-state index contributed by atoms with van der Waals surface area (Å²) in [5, 5.41) is 9.99. The molecule has 174 valence electrons. The summed E-state index contributed by atoms with van der Waals surface area (Å²) in [6.07, 6.45) is 3.36. The lowest BCUT2D eigenvalue weighted by Crippen LogP contribution is -2.40. The normalized spacial score (nSPS) is 16.6. The zero-order valence-corrected chi connectivity index (χ0v) is 18.0. The van der Waals surface area contributed by atoms with Crippen LogP contribution in [-0.2, 0) is 0 Å². The van der Waals surface area contributed by atoms with Gasteiger partial charge in [0, 0.05) is 18.7 Å². The van der Waals surface area contributed by atoms with Crippen molar-refractivity contribution in [2.45, 2.75) is 31.9 Å². The number of ether oxygens (including phenoxy) is 1. The number of aromatic nitrogens is 1. The second kappa shape index (κ2) is 10.1. The Morgan fingerprint density at radius 3 is 2.58 bits per heavy atom. The molecular formula is C24H25F2N3O4. The van der Waals surface area contributed by atoms with Crippen LogP contribution in [0, 0.1) is 11.6 Å². The molecule has 0 bridgehead atoms. The second-order valence-electron chi connectivity index (χ2n) is 7.90. The molecule has 3 aromatic rings. The lowest BCUT2D eigenvalue weighted by atomic mass is 10.1. The Hall–Kier alpha value is -3.30. The van der Waals surface area contributed by atoms with E-state index in [2.05, 4.69) is 9.88 Å². The van der Waals surface area contributed by atoms with Crippen molar-refractivity contribution >= 4 is 5.91 Å². The van der Waals surface area contributed by atoms with E-state index in [0.717, 1.165) is 50.9 Å². The predicted octanol–water partition coefficient (Wildman–Crippen LogP) is 3.96. The number of benzene rings is 2. The molecule has 1 atom stereocenters. The number of piperidine rings is 1. The Kier molecular flexibility index (Phi) is 7.00. The molecule has 1 fully saturated rings. The largest absolute Gasteiger partial charge is 0.494 e. The van der Waals surface area contributed by atoms with Gasteiger partial charge in [-0.25, -0.2) is 13.8 Å². The van der Waals surface area contributed by atoms with Crippen LogP contribution < -0.4 is 10.5 Å². The van der Waals surface area contributed by atoms with Crippen LogP contribution in [0.2, 0.25) is 0 Å². The number of amides is 1. The molecular weight excluding hydrogens is 432 g/mol. The van der Waals surface area contributed by atoms with Crippen molar-refractivity contribution in [1.82, 2.24) is 9.88 Å². The number of nitrogens with zero attached hydrogens (tertiary/aromatic N) is 2. The van der Waals surface area contributed by atoms with Gasteiger partial charge in [0.25, 0.3) is 5.91 Å². The molecule has 33 heavy (non-hydrogen) atoms. The van der Waals surface area contributed by atoms with Gasteiger partial charge in [-0.2, -0.15) is 0 Å². The third kappa shape index (κ3) is 5.20. The van der Waals surface area contributed by atoms with Crippen LogP contribution in [0.1, 0.15) is 36.2 Å². The third-order valence-electron chi connectivity index (χ3n) is 5.59. The molecule has 0 saturated carbocycles. The molecule has 0 spiro atoms. The monoisotopic (exact) mass is 457 g/mol. The Morgan fingerprint density at radius 1 is 1.18 bits per heavy atom. The van der Waals surface area contributed by atoms with Crippen LogP contribution in [0.25, 0.3) is 22.8 Å². The Morgan fingerprint density at radius 2 is 1.91 bits per heavy atom. The molecule has 4 rings (SSSR count). The number of aliphatic hydroxyl groups excluding tert-OH is 1. The van der Waals surface area contributed by atoms with Gasteiger partial charge in [0.1, 0.15) is 29.2 Å². The summed E-state index contributed by atoms with van der Waals surface area (Å²) in [5.41, 5.74) is 5.18. The lowest BCUT2D eigenvalue weighted by Gasteiger charge is -2.31. The highest BCUT2D eigenvalue weighted by Crippen LogP contribution is 2.33. The van der Waals surface area contributed by atoms with Crippen molar-refractivity contribution in [1.29, 1.82) is 0 Å². The van der Waals surface area contributed by atoms with Crippen molar-refractivity contribution in [3.05, 3.63) is 59.8 Å². The van der Waals surface area contributed by atoms with Crippen LogP contribution in [0.5, 0.6) is 5.75 Å². The van der Waals surface area contributed by atoms with E-state index in [-0.39, 0.29) is 23.6 Å². The summed E-state index contributed by atoms with van der Waals surface area (Å²) in [5.74, 6) is -2.34. The predicted molar refractivity (Wildman–Crippen MR) is 117 cm³/mol. The molecule has 1 amide bonds. The third-order valence-corrected chi connectivity index (χ3v) is 5.59. The first-order valence-corrected chi connectivity index (χ1v) is 10.8. The van der Waals surface area contributed by atoms with E-state index in [1.807, 2.05) is 0 Å². The lowest BCUT2D eigenvalue weighted by molar-refractivity contribution is -0.0254. The second-order valence-corrected chi connectivity index (χ2v) is 7.90. The molecule has 1 aliphatic rings. The number of halogens is 2. The number of oxazole rings is 1. The van der Waals surface area contributed by atoms with Crippen LogP contribution in [0.4, 0.5) is 8.78 Å². The summed E-state index contributed by atoms with van der Waals surface area (Å²) in [7, 11) is 0. The molecule has 1 unspecified atom stereocenters. The molecule has 7 nitrogen and oxygen atoms in total. The minimum absolute atomic E-state index is 0.0192. The first-order valence-electron chi connectivity index (χ1n) is 10.8. The van der Waals surface area contributed by atoms with Gasteiger partial charge in [0.15, 0.2) is 11.5 Å². The summed E-state index contributed by atoms with van der Waals surface area (Å²) in [4.78, 5) is 17.9. The van der Waals surface area contributed by atoms with Gasteiger partial charge in [-0.15, -0.1) is 0 Å². The molecule has 1 saturated heterocycles. The summed E-state index contributed by atoms with van der Waals surface area (Å²) < 4.78 is 39.6. The van der Waals surface area contributed by atoms with E-state index in [4.69, 9.17) is 14.9 Å². The van der Waals surface area contributed by atoms with Crippen LogP contribution in [0.3, 0.4) is 0 Å². The van der Waals surface area contributed by atoms with Gasteiger partial charge in [0.2, 0.25) is 5.89 Å². The van der Waals surface area contributed by atoms with Crippen molar-refractivity contribution < 1.29 is 27.8 Å². The summed E-state index contributed by atoms with van der Waals surface area (Å²) >= 11 is 0. The Labute approximate surface area is 189 Å². The van der Waals surface area contributed by atoms with Crippen LogP contribution in [-0.4, -0.2) is 46.8 Å². The Balaban J connectivity index is 1.45. The number of carbonyl (C=O) groups is 1. The number of hydrogen-bond acceptors (Lipinski definition) is 6. The highest BCUT2D eigenvalue weighted by Gasteiger charge is 2.24. The maximum atomic E-state index is 14.1. The van der Waals surface area contributed by atoms with Crippen LogP contribution >= 0.6 is 0 Å². The molecule has 1 aromatic heterocycles. The van der Waals surface area contributed by atoms with Gasteiger partial charge in [0.05, 0.1) is 6.61 Å². The zero-order chi connectivity index (χ0) is 23.4. The number of primary amides is 1. The Bertz CT molecular complexity index is 1100. The first kappa shape index (κ1) is 22.9. The standard InChI is InChI=1S/C24H25F2N3O4/c25-17-5-3-6-18(26)20(17)24-28-21(23(27)31)22(33-24)15-8-10-16(11-9-15)32-14-4-13-29-12-2-1-7-19(29)30/h3,5-6,8-11,19,30H,1-2,4,7,12-14H2,(H2,27,31). The first-order chi connectivity index (χ1) is 15.9. The van der Waals surface area contributed by atoms with Gasteiger partial charge in [-0.3, -0.25) is 9.69 Å². The van der Waals surface area contributed by atoms with E-state index in [0.29, 0.717) is 17.9 Å². The van der Waals surface area contributed by atoms with Gasteiger partial charge in [-0.1, -0.05) is 6.07 Å². The van der Waals surface area contributed by atoms with Crippen molar-refractivity contribution in [3.63, 3.8) is 0 Å². The number of rotatable bonds is 8.